The van der Waals surface area contributed by atoms with Gasteiger partial charge in [0.05, 0.1) is 9.95 Å². The van der Waals surface area contributed by atoms with Crippen LogP contribution in [0.2, 0.25) is 5.02 Å². The second kappa shape index (κ2) is 7.10. The van der Waals surface area contributed by atoms with E-state index in [1.54, 1.807) is 12.1 Å². The Balaban J connectivity index is 1.98. The van der Waals surface area contributed by atoms with Gasteiger partial charge in [-0.1, -0.05) is 29.8 Å². The van der Waals surface area contributed by atoms with Crippen molar-refractivity contribution in [1.82, 2.24) is 15.0 Å². The van der Waals surface area contributed by atoms with Gasteiger partial charge in [-0.15, -0.1) is 0 Å². The predicted octanol–water partition coefficient (Wildman–Crippen LogP) is 4.23. The molecule has 0 radical (unpaired) electrons. The van der Waals surface area contributed by atoms with Gasteiger partial charge in [0, 0.05) is 11.9 Å². The Morgan fingerprint density at radius 2 is 1.76 bits per heavy atom. The van der Waals surface area contributed by atoms with E-state index in [-0.39, 0.29) is 17.3 Å². The van der Waals surface area contributed by atoms with Crippen molar-refractivity contribution in [2.45, 2.75) is 6.92 Å². The van der Waals surface area contributed by atoms with E-state index >= 15 is 0 Å². The number of nitrogens with zero attached hydrogens (tertiary/aromatic N) is 4. The van der Waals surface area contributed by atoms with E-state index in [9.17, 15) is 10.1 Å². The van der Waals surface area contributed by atoms with Crippen LogP contribution < -0.4 is 10.6 Å². The number of nitrogens with one attached hydrogen (secondary N) is 2. The van der Waals surface area contributed by atoms with Crippen LogP contribution in [0.3, 0.4) is 0 Å². The summed E-state index contributed by atoms with van der Waals surface area (Å²) in [5, 5.41) is 17.8. The molecular weight excluding hydrogens is 344 g/mol. The number of benzene rings is 1. The molecule has 2 heterocycles. The van der Waals surface area contributed by atoms with Gasteiger partial charge < -0.3 is 10.6 Å². The van der Waals surface area contributed by atoms with Crippen LogP contribution in [-0.4, -0.2) is 19.9 Å². The second-order valence-electron chi connectivity index (χ2n) is 5.10. The molecule has 126 valence electrons. The lowest BCUT2D eigenvalue weighted by Crippen LogP contribution is -2.06. The number of hydrogen-bond donors (Lipinski definition) is 2. The Labute approximate surface area is 148 Å². The van der Waals surface area contributed by atoms with Crippen LogP contribution in [-0.2, 0) is 0 Å². The van der Waals surface area contributed by atoms with Crippen LogP contribution in [0, 0.1) is 17.0 Å². The van der Waals surface area contributed by atoms with Gasteiger partial charge in [0.1, 0.15) is 12.1 Å². The highest BCUT2D eigenvalue weighted by atomic mass is 35.5. The number of anilines is 4. The third-order valence-corrected chi connectivity index (χ3v) is 3.60. The first-order valence-electron chi connectivity index (χ1n) is 7.25. The van der Waals surface area contributed by atoms with Crippen molar-refractivity contribution in [3.63, 3.8) is 0 Å². The fraction of sp³-hybridized carbons (Fsp3) is 0.0625. The van der Waals surface area contributed by atoms with E-state index in [0.29, 0.717) is 10.8 Å². The third kappa shape index (κ3) is 3.81. The van der Waals surface area contributed by atoms with E-state index in [2.05, 4.69) is 25.6 Å². The number of para-hydroxylation sites is 1. The topological polar surface area (TPSA) is 106 Å². The molecule has 2 aromatic heterocycles. The normalized spacial score (nSPS) is 10.3. The first-order valence-corrected chi connectivity index (χ1v) is 7.63. The van der Waals surface area contributed by atoms with Gasteiger partial charge >= 0.3 is 5.69 Å². The molecule has 0 unspecified atom stereocenters. The Morgan fingerprint density at radius 3 is 2.40 bits per heavy atom. The van der Waals surface area contributed by atoms with Crippen LogP contribution >= 0.6 is 11.6 Å². The van der Waals surface area contributed by atoms with E-state index < -0.39 is 4.92 Å². The van der Waals surface area contributed by atoms with Crippen LogP contribution in [0.15, 0.2) is 48.9 Å². The zero-order chi connectivity index (χ0) is 17.8. The molecule has 0 aliphatic rings. The highest BCUT2D eigenvalue weighted by Gasteiger charge is 2.23. The van der Waals surface area contributed by atoms with Crippen LogP contribution in [0.4, 0.5) is 28.8 Å². The maximum Gasteiger partial charge on any atom is 0.353 e. The molecule has 0 saturated carbocycles. The van der Waals surface area contributed by atoms with Crippen molar-refractivity contribution in [1.29, 1.82) is 0 Å². The molecule has 0 spiro atoms. The van der Waals surface area contributed by atoms with Gasteiger partial charge in [-0.05, 0) is 30.7 Å². The molecule has 0 bridgehead atoms. The summed E-state index contributed by atoms with van der Waals surface area (Å²) in [5.41, 5.74) is 1.38. The number of rotatable bonds is 5. The van der Waals surface area contributed by atoms with E-state index in [0.717, 1.165) is 11.3 Å². The number of hydrogen-bond acceptors (Lipinski definition) is 7. The zero-order valence-corrected chi connectivity index (χ0v) is 13.9. The maximum absolute atomic E-state index is 11.6. The standard InChI is InChI=1S/C16H13ClN6O2/c1-10-4-2-3-5-12(10)21-15-14(23(24)25)16(20-9-19-15)22-13-7-6-11(17)8-18-13/h2-9H,1H3,(H2,18,19,20,21,22). The number of aryl methyl sites for hydroxylation is 1. The first-order chi connectivity index (χ1) is 12.0. The minimum Gasteiger partial charge on any atom is -0.334 e. The Hall–Kier alpha value is -3.26. The first kappa shape index (κ1) is 16.6. The molecule has 8 nitrogen and oxygen atoms in total. The van der Waals surface area contributed by atoms with E-state index in [1.165, 1.54) is 12.5 Å². The summed E-state index contributed by atoms with van der Waals surface area (Å²) in [4.78, 5) is 23.1. The quantitative estimate of drug-likeness (QED) is 0.520. The minimum absolute atomic E-state index is 0.0332. The molecule has 0 aliphatic carbocycles. The maximum atomic E-state index is 11.6. The highest BCUT2D eigenvalue weighted by molar-refractivity contribution is 6.30. The van der Waals surface area contributed by atoms with Crippen LogP contribution in [0.1, 0.15) is 5.56 Å². The molecule has 0 aliphatic heterocycles. The molecule has 0 saturated heterocycles. The lowest BCUT2D eigenvalue weighted by atomic mass is 10.2. The molecule has 0 atom stereocenters. The summed E-state index contributed by atoms with van der Waals surface area (Å²) < 4.78 is 0. The predicted molar refractivity (Wildman–Crippen MR) is 95.7 cm³/mol. The molecule has 0 fully saturated rings. The summed E-state index contributed by atoms with van der Waals surface area (Å²) >= 11 is 5.79. The Bertz CT molecular complexity index is 917. The number of halogens is 1. The van der Waals surface area contributed by atoms with E-state index in [4.69, 9.17) is 11.6 Å². The largest absolute Gasteiger partial charge is 0.353 e. The summed E-state index contributed by atoms with van der Waals surface area (Å²) in [5.74, 6) is 0.504. The molecule has 1 aromatic carbocycles. The van der Waals surface area contributed by atoms with Gasteiger partial charge in [0.15, 0.2) is 0 Å². The van der Waals surface area contributed by atoms with Crippen molar-refractivity contribution in [3.05, 3.63) is 69.6 Å². The van der Waals surface area contributed by atoms with Crippen molar-refractivity contribution in [2.75, 3.05) is 10.6 Å². The molecular formula is C16H13ClN6O2. The van der Waals surface area contributed by atoms with Crippen molar-refractivity contribution in [3.8, 4) is 0 Å². The Morgan fingerprint density at radius 1 is 1.04 bits per heavy atom. The molecule has 0 amide bonds. The van der Waals surface area contributed by atoms with Gasteiger partial charge in [-0.25, -0.2) is 15.0 Å². The van der Waals surface area contributed by atoms with Crippen LogP contribution in [0.25, 0.3) is 0 Å². The second-order valence-corrected chi connectivity index (χ2v) is 5.54. The molecule has 9 heteroatoms. The fourth-order valence-corrected chi connectivity index (χ4v) is 2.26. The fourth-order valence-electron chi connectivity index (χ4n) is 2.15. The van der Waals surface area contributed by atoms with Crippen molar-refractivity contribution >= 4 is 40.4 Å². The van der Waals surface area contributed by atoms with Gasteiger partial charge in [0.25, 0.3) is 0 Å². The smallest absolute Gasteiger partial charge is 0.334 e. The average molecular weight is 357 g/mol. The van der Waals surface area contributed by atoms with E-state index in [1.807, 2.05) is 31.2 Å². The summed E-state index contributed by atoms with van der Waals surface area (Å²) in [7, 11) is 0. The lowest BCUT2D eigenvalue weighted by molar-refractivity contribution is -0.383. The summed E-state index contributed by atoms with van der Waals surface area (Å²) in [6.45, 7) is 1.89. The monoisotopic (exact) mass is 356 g/mol. The zero-order valence-electron chi connectivity index (χ0n) is 13.1. The average Bonchev–Trinajstić information content (AvgIpc) is 2.59. The molecule has 3 aromatic rings. The number of aromatic nitrogens is 3. The molecule has 3 rings (SSSR count). The summed E-state index contributed by atoms with van der Waals surface area (Å²) in [6.07, 6.45) is 2.68. The van der Waals surface area contributed by atoms with Crippen molar-refractivity contribution < 1.29 is 4.92 Å². The Kier molecular flexibility index (Phi) is 4.71. The minimum atomic E-state index is -0.543. The summed E-state index contributed by atoms with van der Waals surface area (Å²) in [6, 6.07) is 10.6. The van der Waals surface area contributed by atoms with Gasteiger partial charge in [-0.3, -0.25) is 10.1 Å². The molecule has 25 heavy (non-hydrogen) atoms. The van der Waals surface area contributed by atoms with Gasteiger partial charge in [0.2, 0.25) is 11.6 Å². The van der Waals surface area contributed by atoms with Gasteiger partial charge in [-0.2, -0.15) is 0 Å². The highest BCUT2D eigenvalue weighted by Crippen LogP contribution is 2.33. The lowest BCUT2D eigenvalue weighted by Gasteiger charge is -2.11. The number of pyridine rings is 1. The third-order valence-electron chi connectivity index (χ3n) is 3.38. The SMILES string of the molecule is Cc1ccccc1Nc1ncnc(Nc2ccc(Cl)cn2)c1[N+](=O)[O-]. The molecule has 2 N–H and O–H groups in total. The number of nitro groups is 1. The van der Waals surface area contributed by atoms with Crippen molar-refractivity contribution in [2.24, 2.45) is 0 Å². The van der Waals surface area contributed by atoms with Crippen LogP contribution in [0.5, 0.6) is 0 Å².